The Morgan fingerprint density at radius 3 is 2.52 bits per heavy atom. The number of nitrogens with one attached hydrogen (secondary N) is 1. The molecule has 0 bridgehead atoms. The lowest BCUT2D eigenvalue weighted by atomic mass is 9.95. The summed E-state index contributed by atoms with van der Waals surface area (Å²) in [5.74, 6) is -0.432. The number of ether oxygens (including phenoxy) is 1. The molecule has 0 atom stereocenters. The summed E-state index contributed by atoms with van der Waals surface area (Å²) in [6.45, 7) is 2.62. The van der Waals surface area contributed by atoms with E-state index in [1.165, 1.54) is 12.7 Å². The summed E-state index contributed by atoms with van der Waals surface area (Å²) in [5, 5.41) is 3.66. The van der Waals surface area contributed by atoms with Crippen molar-refractivity contribution in [3.05, 3.63) is 64.7 Å². The number of halogens is 1. The summed E-state index contributed by atoms with van der Waals surface area (Å²) < 4.78 is 4.72. The van der Waals surface area contributed by atoms with Gasteiger partial charge in [-0.05, 0) is 61.8 Å². The molecule has 1 aliphatic heterocycles. The Morgan fingerprint density at radius 1 is 1.15 bits per heavy atom. The molecule has 1 saturated heterocycles. The highest BCUT2D eigenvalue weighted by Crippen LogP contribution is 2.22. The van der Waals surface area contributed by atoms with Crippen molar-refractivity contribution in [1.29, 1.82) is 0 Å². The van der Waals surface area contributed by atoms with Crippen molar-refractivity contribution in [2.45, 2.75) is 19.4 Å². The summed E-state index contributed by atoms with van der Waals surface area (Å²) in [7, 11) is 1.34. The number of likely N-dealkylation sites (tertiary alicyclic amines) is 1. The van der Waals surface area contributed by atoms with Gasteiger partial charge in [-0.15, -0.1) is 0 Å². The molecular formula is C21H23ClN2O3. The van der Waals surface area contributed by atoms with Crippen molar-refractivity contribution >= 4 is 29.2 Å². The number of carbonyl (C=O) groups is 2. The number of anilines is 1. The van der Waals surface area contributed by atoms with Crippen LogP contribution in [-0.4, -0.2) is 37.0 Å². The third kappa shape index (κ3) is 5.31. The van der Waals surface area contributed by atoms with E-state index in [4.69, 9.17) is 16.3 Å². The first-order chi connectivity index (χ1) is 13.0. The minimum Gasteiger partial charge on any atom is -0.465 e. The predicted molar refractivity (Wildman–Crippen MR) is 106 cm³/mol. The highest BCUT2D eigenvalue weighted by atomic mass is 35.5. The van der Waals surface area contributed by atoms with Crippen LogP contribution in [0.15, 0.2) is 48.5 Å². The van der Waals surface area contributed by atoms with Crippen LogP contribution in [-0.2, 0) is 16.1 Å². The Hall–Kier alpha value is -2.37. The number of piperidine rings is 1. The molecular weight excluding hydrogens is 364 g/mol. The number of hydrogen-bond donors (Lipinski definition) is 1. The van der Waals surface area contributed by atoms with Crippen molar-refractivity contribution in [3.63, 3.8) is 0 Å². The molecule has 1 heterocycles. The summed E-state index contributed by atoms with van der Waals surface area (Å²) in [5.41, 5.74) is 2.27. The van der Waals surface area contributed by atoms with Crippen molar-refractivity contribution in [2.75, 3.05) is 25.5 Å². The SMILES string of the molecule is COC(=O)c1cccc(NC(=O)C2CCN(Cc3ccc(Cl)cc3)CC2)c1. The molecule has 27 heavy (non-hydrogen) atoms. The molecule has 2 aromatic carbocycles. The predicted octanol–water partition coefficient (Wildman–Crippen LogP) is 3.98. The average molecular weight is 387 g/mol. The van der Waals surface area contributed by atoms with Gasteiger partial charge < -0.3 is 10.1 Å². The van der Waals surface area contributed by atoms with E-state index in [1.54, 1.807) is 24.3 Å². The summed E-state index contributed by atoms with van der Waals surface area (Å²) in [6, 6.07) is 14.7. The summed E-state index contributed by atoms with van der Waals surface area (Å²) in [4.78, 5) is 26.5. The van der Waals surface area contributed by atoms with Gasteiger partial charge in [0.1, 0.15) is 0 Å². The fourth-order valence-corrected chi connectivity index (χ4v) is 3.41. The molecule has 0 unspecified atom stereocenters. The zero-order chi connectivity index (χ0) is 19.2. The van der Waals surface area contributed by atoms with E-state index >= 15 is 0 Å². The van der Waals surface area contributed by atoms with E-state index < -0.39 is 5.97 Å². The summed E-state index contributed by atoms with van der Waals surface area (Å²) >= 11 is 5.93. The van der Waals surface area contributed by atoms with E-state index in [0.717, 1.165) is 37.5 Å². The van der Waals surface area contributed by atoms with Gasteiger partial charge in [0.15, 0.2) is 0 Å². The van der Waals surface area contributed by atoms with Crippen LogP contribution >= 0.6 is 11.6 Å². The second kappa shape index (κ2) is 9.02. The van der Waals surface area contributed by atoms with E-state index in [-0.39, 0.29) is 11.8 Å². The Kier molecular flexibility index (Phi) is 6.48. The van der Waals surface area contributed by atoms with Crippen LogP contribution < -0.4 is 5.32 Å². The van der Waals surface area contributed by atoms with Gasteiger partial charge in [-0.2, -0.15) is 0 Å². The quantitative estimate of drug-likeness (QED) is 0.790. The number of esters is 1. The minimum atomic E-state index is -0.415. The lowest BCUT2D eigenvalue weighted by molar-refractivity contribution is -0.121. The Bertz CT molecular complexity index is 799. The Labute approximate surface area is 164 Å². The number of amides is 1. The fraction of sp³-hybridized carbons (Fsp3) is 0.333. The van der Waals surface area contributed by atoms with Gasteiger partial charge in [-0.25, -0.2) is 4.79 Å². The van der Waals surface area contributed by atoms with Crippen LogP contribution in [0.5, 0.6) is 0 Å². The third-order valence-electron chi connectivity index (χ3n) is 4.83. The second-order valence-corrected chi connectivity index (χ2v) is 7.17. The maximum atomic E-state index is 12.6. The van der Waals surface area contributed by atoms with Crippen molar-refractivity contribution in [1.82, 2.24) is 4.90 Å². The van der Waals surface area contributed by atoms with Crippen LogP contribution in [0.4, 0.5) is 5.69 Å². The van der Waals surface area contributed by atoms with Gasteiger partial charge in [0.2, 0.25) is 5.91 Å². The first kappa shape index (κ1) is 19.4. The maximum absolute atomic E-state index is 12.6. The zero-order valence-corrected chi connectivity index (χ0v) is 16.0. The highest BCUT2D eigenvalue weighted by Gasteiger charge is 2.25. The second-order valence-electron chi connectivity index (χ2n) is 6.74. The van der Waals surface area contributed by atoms with Crippen molar-refractivity contribution < 1.29 is 14.3 Å². The van der Waals surface area contributed by atoms with E-state index in [9.17, 15) is 9.59 Å². The lowest BCUT2D eigenvalue weighted by Gasteiger charge is -2.31. The molecule has 3 rings (SSSR count). The molecule has 0 aromatic heterocycles. The first-order valence-corrected chi connectivity index (χ1v) is 9.39. The molecule has 1 fully saturated rings. The number of nitrogens with zero attached hydrogens (tertiary/aromatic N) is 1. The fourth-order valence-electron chi connectivity index (χ4n) is 3.29. The molecule has 1 amide bonds. The molecule has 1 N–H and O–H groups in total. The van der Waals surface area contributed by atoms with Crippen LogP contribution in [0, 0.1) is 5.92 Å². The van der Waals surface area contributed by atoms with Crippen molar-refractivity contribution in [3.8, 4) is 0 Å². The monoisotopic (exact) mass is 386 g/mol. The van der Waals surface area contributed by atoms with Crippen LogP contribution in [0.3, 0.4) is 0 Å². The number of hydrogen-bond acceptors (Lipinski definition) is 4. The molecule has 0 aliphatic carbocycles. The third-order valence-corrected chi connectivity index (χ3v) is 5.08. The average Bonchev–Trinajstić information content (AvgIpc) is 2.70. The summed E-state index contributed by atoms with van der Waals surface area (Å²) in [6.07, 6.45) is 1.63. The minimum absolute atomic E-state index is 0.00292. The van der Waals surface area contributed by atoms with Gasteiger partial charge in [-0.3, -0.25) is 9.69 Å². The largest absolute Gasteiger partial charge is 0.465 e. The van der Waals surface area contributed by atoms with Gasteiger partial charge in [0.05, 0.1) is 12.7 Å². The van der Waals surface area contributed by atoms with Crippen molar-refractivity contribution in [2.24, 2.45) is 5.92 Å². The number of benzene rings is 2. The van der Waals surface area contributed by atoms with Gasteiger partial charge in [-0.1, -0.05) is 29.8 Å². The first-order valence-electron chi connectivity index (χ1n) is 9.01. The van der Waals surface area contributed by atoms with Gasteiger partial charge in [0, 0.05) is 23.2 Å². The van der Waals surface area contributed by atoms with Gasteiger partial charge >= 0.3 is 5.97 Å². The molecule has 6 heteroatoms. The van der Waals surface area contributed by atoms with E-state index in [0.29, 0.717) is 11.3 Å². The zero-order valence-electron chi connectivity index (χ0n) is 15.3. The molecule has 5 nitrogen and oxygen atoms in total. The molecule has 1 aliphatic rings. The number of methoxy groups -OCH3 is 1. The maximum Gasteiger partial charge on any atom is 0.337 e. The van der Waals surface area contributed by atoms with Crippen LogP contribution in [0.25, 0.3) is 0 Å². The van der Waals surface area contributed by atoms with E-state index in [2.05, 4.69) is 10.2 Å². The molecule has 0 radical (unpaired) electrons. The number of rotatable bonds is 5. The van der Waals surface area contributed by atoms with Crippen LogP contribution in [0.2, 0.25) is 5.02 Å². The normalized spacial score (nSPS) is 15.3. The Morgan fingerprint density at radius 2 is 1.85 bits per heavy atom. The molecule has 0 spiro atoms. The standard InChI is InChI=1S/C21H23ClN2O3/c1-27-21(26)17-3-2-4-19(13-17)23-20(25)16-9-11-24(12-10-16)14-15-5-7-18(22)8-6-15/h2-8,13,16H,9-12,14H2,1H3,(H,23,25). The number of carbonyl (C=O) groups excluding carboxylic acids is 2. The molecule has 2 aromatic rings. The highest BCUT2D eigenvalue weighted by molar-refractivity contribution is 6.30. The van der Waals surface area contributed by atoms with Crippen LogP contribution in [0.1, 0.15) is 28.8 Å². The lowest BCUT2D eigenvalue weighted by Crippen LogP contribution is -2.37. The van der Waals surface area contributed by atoms with E-state index in [1.807, 2.05) is 24.3 Å². The van der Waals surface area contributed by atoms with Gasteiger partial charge in [0.25, 0.3) is 0 Å². The Balaban J connectivity index is 1.51. The smallest absolute Gasteiger partial charge is 0.337 e. The molecule has 142 valence electrons. The topological polar surface area (TPSA) is 58.6 Å². The molecule has 0 saturated carbocycles.